The number of aliphatic hydroxyl groups is 2. The van der Waals surface area contributed by atoms with Crippen LogP contribution in [0.15, 0.2) is 6.33 Å². The molecule has 0 radical (unpaired) electrons. The fourth-order valence-corrected chi connectivity index (χ4v) is 3.09. The standard InChI is InChI=1S/C11H11Cl2N5O3/c12-8-5-10(17-11(13)16-8)18(2-15-5)4-1-3(9(14)21)6(19)7(4)20/h2-4,6-7,19-20H,1H2,(H2,14,21)/t3-,4+,6+,7-/m0/s1. The number of hydrogen-bond donors (Lipinski definition) is 3. The van der Waals surface area contributed by atoms with Gasteiger partial charge >= 0.3 is 0 Å². The van der Waals surface area contributed by atoms with E-state index in [4.69, 9.17) is 28.9 Å². The van der Waals surface area contributed by atoms with Gasteiger partial charge in [0.25, 0.3) is 0 Å². The molecule has 0 spiro atoms. The first-order chi connectivity index (χ1) is 9.90. The fraction of sp³-hybridized carbons (Fsp3) is 0.455. The molecule has 1 aliphatic carbocycles. The second-order valence-corrected chi connectivity index (χ2v) is 5.60. The minimum atomic E-state index is -1.24. The van der Waals surface area contributed by atoms with E-state index in [2.05, 4.69) is 15.0 Å². The summed E-state index contributed by atoms with van der Waals surface area (Å²) >= 11 is 11.7. The Morgan fingerprint density at radius 1 is 1.33 bits per heavy atom. The highest BCUT2D eigenvalue weighted by Crippen LogP contribution is 2.37. The molecule has 1 amide bonds. The van der Waals surface area contributed by atoms with E-state index in [9.17, 15) is 15.0 Å². The smallest absolute Gasteiger partial charge is 0.225 e. The van der Waals surface area contributed by atoms with Crippen molar-refractivity contribution in [3.8, 4) is 0 Å². The van der Waals surface area contributed by atoms with E-state index in [1.807, 2.05) is 0 Å². The number of carbonyl (C=O) groups excluding carboxylic acids is 1. The summed E-state index contributed by atoms with van der Waals surface area (Å²) < 4.78 is 1.52. The largest absolute Gasteiger partial charge is 0.390 e. The molecule has 4 N–H and O–H groups in total. The second kappa shape index (κ2) is 5.06. The van der Waals surface area contributed by atoms with Gasteiger partial charge < -0.3 is 20.5 Å². The molecule has 2 aromatic rings. The lowest BCUT2D eigenvalue weighted by molar-refractivity contribution is -0.125. The van der Waals surface area contributed by atoms with Gasteiger partial charge in [-0.05, 0) is 18.0 Å². The Morgan fingerprint density at radius 3 is 2.67 bits per heavy atom. The van der Waals surface area contributed by atoms with Crippen molar-refractivity contribution in [3.63, 3.8) is 0 Å². The number of rotatable bonds is 2. The van der Waals surface area contributed by atoms with Crippen molar-refractivity contribution in [3.05, 3.63) is 16.8 Å². The number of fused-ring (bicyclic) bond motifs is 1. The van der Waals surface area contributed by atoms with Crippen LogP contribution >= 0.6 is 23.2 Å². The zero-order chi connectivity index (χ0) is 15.3. The summed E-state index contributed by atoms with van der Waals surface area (Å²) in [4.78, 5) is 23.2. The van der Waals surface area contributed by atoms with Gasteiger partial charge in [-0.3, -0.25) is 4.79 Å². The summed E-state index contributed by atoms with van der Waals surface area (Å²) in [5.41, 5.74) is 5.87. The maximum Gasteiger partial charge on any atom is 0.225 e. The normalized spacial score (nSPS) is 29.1. The molecule has 112 valence electrons. The predicted octanol–water partition coefficient (Wildman–Crippen LogP) is -0.0988. The molecule has 4 atom stereocenters. The Hall–Kier alpha value is -1.48. The van der Waals surface area contributed by atoms with Gasteiger partial charge in [0.1, 0.15) is 11.6 Å². The van der Waals surface area contributed by atoms with Crippen molar-refractivity contribution in [2.24, 2.45) is 11.7 Å². The molecule has 21 heavy (non-hydrogen) atoms. The van der Waals surface area contributed by atoms with Crippen LogP contribution in [0.1, 0.15) is 12.5 Å². The zero-order valence-electron chi connectivity index (χ0n) is 10.5. The van der Waals surface area contributed by atoms with Crippen molar-refractivity contribution in [1.29, 1.82) is 0 Å². The Kier molecular flexibility index (Phi) is 3.48. The Morgan fingerprint density at radius 2 is 2.05 bits per heavy atom. The van der Waals surface area contributed by atoms with Crippen molar-refractivity contribution >= 4 is 40.3 Å². The van der Waals surface area contributed by atoms with Crippen molar-refractivity contribution in [2.75, 3.05) is 0 Å². The van der Waals surface area contributed by atoms with Crippen LogP contribution in [0, 0.1) is 5.92 Å². The molecular weight excluding hydrogens is 321 g/mol. The van der Waals surface area contributed by atoms with Crippen LogP contribution in [0.2, 0.25) is 10.4 Å². The van der Waals surface area contributed by atoms with Gasteiger partial charge in [-0.15, -0.1) is 0 Å². The maximum atomic E-state index is 11.3. The number of carbonyl (C=O) groups is 1. The SMILES string of the molecule is NC(=O)[C@H]1C[C@@H](n2cnc3c(Cl)nc(Cl)nc32)[C@H](O)[C@@H]1O. The third-order valence-electron chi connectivity index (χ3n) is 3.73. The fourth-order valence-electron chi connectivity index (χ4n) is 2.67. The number of aliphatic hydroxyl groups excluding tert-OH is 2. The molecule has 10 heteroatoms. The van der Waals surface area contributed by atoms with Gasteiger partial charge in [-0.25, -0.2) is 9.97 Å². The number of nitrogens with two attached hydrogens (primary N) is 1. The summed E-state index contributed by atoms with van der Waals surface area (Å²) in [6.07, 6.45) is -0.835. The van der Waals surface area contributed by atoms with Gasteiger partial charge in [0, 0.05) is 0 Å². The van der Waals surface area contributed by atoms with Gasteiger partial charge in [-0.2, -0.15) is 4.98 Å². The molecular formula is C11H11Cl2N5O3. The molecule has 3 rings (SSSR count). The highest BCUT2D eigenvalue weighted by Gasteiger charge is 2.45. The van der Waals surface area contributed by atoms with Crippen LogP contribution in [0.4, 0.5) is 0 Å². The molecule has 1 saturated carbocycles. The van der Waals surface area contributed by atoms with E-state index in [0.29, 0.717) is 11.2 Å². The van der Waals surface area contributed by atoms with E-state index in [0.717, 1.165) is 0 Å². The quantitative estimate of drug-likeness (QED) is 0.521. The number of amides is 1. The molecule has 2 heterocycles. The summed E-state index contributed by atoms with van der Waals surface area (Å²) in [6.45, 7) is 0. The topological polar surface area (TPSA) is 127 Å². The first-order valence-electron chi connectivity index (χ1n) is 6.11. The highest BCUT2D eigenvalue weighted by atomic mass is 35.5. The molecule has 0 unspecified atom stereocenters. The lowest BCUT2D eigenvalue weighted by Crippen LogP contribution is -2.35. The predicted molar refractivity (Wildman–Crippen MR) is 73.7 cm³/mol. The van der Waals surface area contributed by atoms with Crippen LogP contribution in [-0.4, -0.2) is 47.8 Å². The second-order valence-electron chi connectivity index (χ2n) is 4.90. The minimum absolute atomic E-state index is 0.0614. The van der Waals surface area contributed by atoms with Crippen LogP contribution in [0.3, 0.4) is 0 Å². The Balaban J connectivity index is 2.07. The summed E-state index contributed by atoms with van der Waals surface area (Å²) in [6, 6.07) is -0.607. The van der Waals surface area contributed by atoms with Crippen LogP contribution < -0.4 is 5.73 Å². The molecule has 0 saturated heterocycles. The van der Waals surface area contributed by atoms with Gasteiger partial charge in [0.15, 0.2) is 10.8 Å². The lowest BCUT2D eigenvalue weighted by Gasteiger charge is -2.18. The molecule has 1 aliphatic rings. The molecule has 0 aromatic carbocycles. The molecule has 0 bridgehead atoms. The maximum absolute atomic E-state index is 11.3. The molecule has 8 nitrogen and oxygen atoms in total. The van der Waals surface area contributed by atoms with Crippen molar-refractivity contribution < 1.29 is 15.0 Å². The molecule has 1 fully saturated rings. The van der Waals surface area contributed by atoms with E-state index in [1.54, 1.807) is 0 Å². The first-order valence-corrected chi connectivity index (χ1v) is 6.86. The van der Waals surface area contributed by atoms with Crippen molar-refractivity contribution in [1.82, 2.24) is 19.5 Å². The number of hydrogen-bond acceptors (Lipinski definition) is 6. The van der Waals surface area contributed by atoms with Gasteiger partial charge in [0.2, 0.25) is 11.2 Å². The molecule has 2 aromatic heterocycles. The number of nitrogens with zero attached hydrogens (tertiary/aromatic N) is 4. The third kappa shape index (κ3) is 2.24. The van der Waals surface area contributed by atoms with Crippen LogP contribution in [0.25, 0.3) is 11.2 Å². The zero-order valence-corrected chi connectivity index (χ0v) is 12.0. The van der Waals surface area contributed by atoms with E-state index in [1.165, 1.54) is 10.9 Å². The molecule has 0 aliphatic heterocycles. The first kappa shape index (κ1) is 14.5. The minimum Gasteiger partial charge on any atom is -0.390 e. The van der Waals surface area contributed by atoms with Crippen LogP contribution in [-0.2, 0) is 4.79 Å². The van der Waals surface area contributed by atoms with Crippen LogP contribution in [0.5, 0.6) is 0 Å². The van der Waals surface area contributed by atoms with E-state index < -0.39 is 30.1 Å². The number of halogens is 2. The highest BCUT2D eigenvalue weighted by molar-refractivity contribution is 6.35. The Labute approximate surface area is 128 Å². The number of imidazole rings is 1. The summed E-state index contributed by atoms with van der Waals surface area (Å²) in [5.74, 6) is -1.51. The summed E-state index contributed by atoms with van der Waals surface area (Å²) in [7, 11) is 0. The average molecular weight is 332 g/mol. The number of primary amides is 1. The van der Waals surface area contributed by atoms with E-state index >= 15 is 0 Å². The number of aromatic nitrogens is 4. The average Bonchev–Trinajstić information content (AvgIpc) is 2.93. The summed E-state index contributed by atoms with van der Waals surface area (Å²) in [5, 5.41) is 20.1. The third-order valence-corrected chi connectivity index (χ3v) is 4.16. The van der Waals surface area contributed by atoms with Gasteiger partial charge in [0.05, 0.1) is 24.4 Å². The lowest BCUT2D eigenvalue weighted by atomic mass is 10.1. The van der Waals surface area contributed by atoms with Crippen molar-refractivity contribution in [2.45, 2.75) is 24.7 Å². The van der Waals surface area contributed by atoms with E-state index in [-0.39, 0.29) is 16.9 Å². The monoisotopic (exact) mass is 331 g/mol. The Bertz CT molecular complexity index is 721. The van der Waals surface area contributed by atoms with Gasteiger partial charge in [-0.1, -0.05) is 11.6 Å².